The van der Waals surface area contributed by atoms with Gasteiger partial charge in [0.05, 0.1) is 13.2 Å². The number of hydrogen-bond acceptors (Lipinski definition) is 6. The molecule has 0 radical (unpaired) electrons. The van der Waals surface area contributed by atoms with Gasteiger partial charge < -0.3 is 14.2 Å². The summed E-state index contributed by atoms with van der Waals surface area (Å²) in [7, 11) is 1.56. The molecule has 0 saturated carbocycles. The van der Waals surface area contributed by atoms with Crippen LogP contribution in [0.3, 0.4) is 0 Å². The first-order valence-electron chi connectivity index (χ1n) is 9.35. The van der Waals surface area contributed by atoms with Gasteiger partial charge in [0, 0.05) is 5.56 Å². The Morgan fingerprint density at radius 3 is 2.40 bits per heavy atom. The van der Waals surface area contributed by atoms with Gasteiger partial charge in [0.2, 0.25) is 0 Å². The van der Waals surface area contributed by atoms with E-state index in [9.17, 15) is 9.59 Å². The van der Waals surface area contributed by atoms with Crippen molar-refractivity contribution in [2.24, 2.45) is 0 Å². The minimum Gasteiger partial charge on any atom is -0.497 e. The van der Waals surface area contributed by atoms with E-state index in [1.165, 1.54) is 0 Å². The second-order valence-corrected chi connectivity index (χ2v) is 6.69. The summed E-state index contributed by atoms with van der Waals surface area (Å²) in [6.45, 7) is 3.74. The fraction of sp³-hybridized carbons (Fsp3) is 0.286. The molecule has 1 atom stereocenters. The molecule has 30 heavy (non-hydrogen) atoms. The second kappa shape index (κ2) is 11.6. The molecule has 0 aliphatic rings. The first kappa shape index (κ1) is 23.0. The summed E-state index contributed by atoms with van der Waals surface area (Å²) in [6, 6.07) is 13.6. The van der Waals surface area contributed by atoms with E-state index in [0.717, 1.165) is 6.42 Å². The lowest BCUT2D eigenvalue weighted by atomic mass is 10.2. The normalized spacial score (nSPS) is 11.0. The molecule has 9 heteroatoms. The van der Waals surface area contributed by atoms with Gasteiger partial charge >= 0.3 is 0 Å². The van der Waals surface area contributed by atoms with Gasteiger partial charge in [-0.2, -0.15) is 0 Å². The Kier molecular flexibility index (Phi) is 8.89. The number of hydrazine groups is 1. The van der Waals surface area contributed by atoms with Crippen molar-refractivity contribution in [3.8, 4) is 17.2 Å². The van der Waals surface area contributed by atoms with Crippen LogP contribution in [-0.4, -0.2) is 36.7 Å². The maximum atomic E-state index is 12.3. The zero-order valence-corrected chi connectivity index (χ0v) is 17.9. The monoisotopic (exact) mass is 431 g/mol. The standard InChI is InChI=1S/C21H25N3O5S/c1-4-14(2)29-18-7-5-6-15(12-18)20(26)22-21(30)24-23-19(25)13-28-17-10-8-16(27-3)9-11-17/h5-12,14H,4,13H2,1-3H3,(H,23,25)(H2,22,24,26,30). The van der Waals surface area contributed by atoms with Crippen molar-refractivity contribution in [3.63, 3.8) is 0 Å². The lowest BCUT2D eigenvalue weighted by molar-refractivity contribution is -0.123. The first-order chi connectivity index (χ1) is 14.4. The van der Waals surface area contributed by atoms with Crippen LogP contribution in [0, 0.1) is 0 Å². The molecule has 160 valence electrons. The Hall–Kier alpha value is -3.33. The molecule has 2 rings (SSSR count). The lowest BCUT2D eigenvalue weighted by Gasteiger charge is -2.14. The van der Waals surface area contributed by atoms with Gasteiger partial charge in [-0.15, -0.1) is 0 Å². The van der Waals surface area contributed by atoms with Gasteiger partial charge in [0.15, 0.2) is 11.7 Å². The molecule has 0 heterocycles. The van der Waals surface area contributed by atoms with Crippen molar-refractivity contribution in [2.45, 2.75) is 26.4 Å². The van der Waals surface area contributed by atoms with Crippen molar-refractivity contribution < 1.29 is 23.8 Å². The quantitative estimate of drug-likeness (QED) is 0.437. The zero-order valence-electron chi connectivity index (χ0n) is 17.1. The van der Waals surface area contributed by atoms with Crippen LogP contribution in [0.1, 0.15) is 30.6 Å². The van der Waals surface area contributed by atoms with Gasteiger partial charge in [-0.1, -0.05) is 13.0 Å². The van der Waals surface area contributed by atoms with Crippen LogP contribution in [0.2, 0.25) is 0 Å². The number of ether oxygens (including phenoxy) is 3. The molecule has 0 aromatic heterocycles. The summed E-state index contributed by atoms with van der Waals surface area (Å²) >= 11 is 5.03. The summed E-state index contributed by atoms with van der Waals surface area (Å²) in [5.41, 5.74) is 5.20. The molecule has 0 fully saturated rings. The summed E-state index contributed by atoms with van der Waals surface area (Å²) < 4.78 is 16.1. The number of carbonyl (C=O) groups is 2. The van der Waals surface area contributed by atoms with E-state index in [1.807, 2.05) is 13.8 Å². The molecular formula is C21H25N3O5S. The third-order valence-electron chi connectivity index (χ3n) is 3.98. The Bertz CT molecular complexity index is 873. The van der Waals surface area contributed by atoms with Crippen molar-refractivity contribution >= 4 is 29.1 Å². The second-order valence-electron chi connectivity index (χ2n) is 6.29. The minimum atomic E-state index is -0.466. The highest BCUT2D eigenvalue weighted by atomic mass is 32.1. The number of amides is 2. The smallest absolute Gasteiger partial charge is 0.276 e. The number of rotatable bonds is 8. The summed E-state index contributed by atoms with van der Waals surface area (Å²) in [4.78, 5) is 24.2. The number of carbonyl (C=O) groups excluding carboxylic acids is 2. The third kappa shape index (κ3) is 7.59. The topological polar surface area (TPSA) is 97.9 Å². The maximum absolute atomic E-state index is 12.3. The van der Waals surface area contributed by atoms with E-state index in [4.69, 9.17) is 26.4 Å². The summed E-state index contributed by atoms with van der Waals surface area (Å²) in [5, 5.41) is 2.44. The molecule has 0 aliphatic carbocycles. The largest absolute Gasteiger partial charge is 0.497 e. The zero-order chi connectivity index (χ0) is 21.9. The molecular weight excluding hydrogens is 406 g/mol. The lowest BCUT2D eigenvalue weighted by Crippen LogP contribution is -2.49. The third-order valence-corrected chi connectivity index (χ3v) is 4.18. The van der Waals surface area contributed by atoms with Crippen LogP contribution in [0.4, 0.5) is 0 Å². The first-order valence-corrected chi connectivity index (χ1v) is 9.75. The predicted octanol–water partition coefficient (Wildman–Crippen LogP) is 2.59. The average Bonchev–Trinajstić information content (AvgIpc) is 2.76. The van der Waals surface area contributed by atoms with Crippen LogP contribution in [0.25, 0.3) is 0 Å². The van der Waals surface area contributed by atoms with Gasteiger partial charge in [0.25, 0.3) is 11.8 Å². The molecule has 2 aromatic rings. The Morgan fingerprint density at radius 2 is 1.73 bits per heavy atom. The van der Waals surface area contributed by atoms with E-state index in [1.54, 1.807) is 55.6 Å². The maximum Gasteiger partial charge on any atom is 0.276 e. The van der Waals surface area contributed by atoms with Crippen LogP contribution < -0.4 is 30.4 Å². The van der Waals surface area contributed by atoms with Crippen molar-refractivity contribution in [2.75, 3.05) is 13.7 Å². The molecule has 2 aromatic carbocycles. The van der Waals surface area contributed by atoms with Crippen LogP contribution in [-0.2, 0) is 4.79 Å². The fourth-order valence-corrected chi connectivity index (χ4v) is 2.36. The highest BCUT2D eigenvalue weighted by molar-refractivity contribution is 7.80. The minimum absolute atomic E-state index is 0.0430. The van der Waals surface area contributed by atoms with Gasteiger partial charge in [-0.05, 0) is 68.0 Å². The summed E-state index contributed by atoms with van der Waals surface area (Å²) in [5.74, 6) is 0.907. The molecule has 0 spiro atoms. The van der Waals surface area contributed by atoms with Gasteiger partial charge in [0.1, 0.15) is 17.2 Å². The average molecular weight is 432 g/mol. The van der Waals surface area contributed by atoms with Crippen molar-refractivity contribution in [1.29, 1.82) is 0 Å². The molecule has 1 unspecified atom stereocenters. The number of methoxy groups -OCH3 is 1. The number of nitrogens with one attached hydrogen (secondary N) is 3. The molecule has 8 nitrogen and oxygen atoms in total. The highest BCUT2D eigenvalue weighted by Gasteiger charge is 2.11. The molecule has 2 amide bonds. The van der Waals surface area contributed by atoms with Crippen molar-refractivity contribution in [1.82, 2.24) is 16.2 Å². The van der Waals surface area contributed by atoms with Gasteiger partial charge in [-0.25, -0.2) is 0 Å². The number of hydrogen-bond donors (Lipinski definition) is 3. The van der Waals surface area contributed by atoms with E-state index in [-0.39, 0.29) is 17.8 Å². The predicted molar refractivity (Wildman–Crippen MR) is 117 cm³/mol. The molecule has 3 N–H and O–H groups in total. The van der Waals surface area contributed by atoms with Crippen LogP contribution in [0.5, 0.6) is 17.2 Å². The van der Waals surface area contributed by atoms with E-state index >= 15 is 0 Å². The van der Waals surface area contributed by atoms with Gasteiger partial charge in [-0.3, -0.25) is 25.8 Å². The Balaban J connectivity index is 1.76. The number of benzene rings is 2. The van der Waals surface area contributed by atoms with E-state index < -0.39 is 11.8 Å². The van der Waals surface area contributed by atoms with Crippen LogP contribution >= 0.6 is 12.2 Å². The Labute approximate surface area is 180 Å². The summed E-state index contributed by atoms with van der Waals surface area (Å²) in [6.07, 6.45) is 0.896. The number of thiocarbonyl (C=S) groups is 1. The Morgan fingerprint density at radius 1 is 1.03 bits per heavy atom. The molecule has 0 saturated heterocycles. The van der Waals surface area contributed by atoms with Crippen LogP contribution in [0.15, 0.2) is 48.5 Å². The molecule has 0 aliphatic heterocycles. The van der Waals surface area contributed by atoms with E-state index in [2.05, 4.69) is 16.2 Å². The SMILES string of the molecule is CCC(C)Oc1cccc(C(=O)NC(=S)NNC(=O)COc2ccc(OC)cc2)c1. The molecule has 0 bridgehead atoms. The fourth-order valence-electron chi connectivity index (χ4n) is 2.22. The van der Waals surface area contributed by atoms with Crippen molar-refractivity contribution in [3.05, 3.63) is 54.1 Å². The highest BCUT2D eigenvalue weighted by Crippen LogP contribution is 2.17. The van der Waals surface area contributed by atoms with E-state index in [0.29, 0.717) is 22.8 Å².